The van der Waals surface area contributed by atoms with Crippen molar-refractivity contribution in [2.24, 2.45) is 0 Å². The molecule has 112 valence electrons. The first-order valence-corrected chi connectivity index (χ1v) is 7.38. The molecule has 0 saturated carbocycles. The zero-order valence-corrected chi connectivity index (χ0v) is 12.1. The van der Waals surface area contributed by atoms with Gasteiger partial charge in [-0.2, -0.15) is 5.26 Å². The molecule has 0 radical (unpaired) electrons. The van der Waals surface area contributed by atoms with Crippen LogP contribution < -0.4 is 5.32 Å². The lowest BCUT2D eigenvalue weighted by Crippen LogP contribution is -2.44. The summed E-state index contributed by atoms with van der Waals surface area (Å²) in [7, 11) is 0. The summed E-state index contributed by atoms with van der Waals surface area (Å²) in [6.45, 7) is 1.39. The molecule has 0 spiro atoms. The van der Waals surface area contributed by atoms with Gasteiger partial charge in [0.15, 0.2) is 0 Å². The molecule has 0 aliphatic carbocycles. The van der Waals surface area contributed by atoms with Gasteiger partial charge in [0.1, 0.15) is 0 Å². The van der Waals surface area contributed by atoms with Gasteiger partial charge < -0.3 is 10.4 Å². The van der Waals surface area contributed by atoms with Gasteiger partial charge >= 0.3 is 0 Å². The van der Waals surface area contributed by atoms with Crippen molar-refractivity contribution in [2.45, 2.75) is 31.7 Å². The van der Waals surface area contributed by atoms with Crippen molar-refractivity contribution in [3.8, 4) is 6.07 Å². The van der Waals surface area contributed by atoms with Crippen molar-refractivity contribution in [2.75, 3.05) is 25.0 Å². The Kier molecular flexibility index (Phi) is 5.73. The van der Waals surface area contributed by atoms with E-state index in [0.717, 1.165) is 32.2 Å². The second kappa shape index (κ2) is 7.77. The molecule has 21 heavy (non-hydrogen) atoms. The zero-order valence-electron chi connectivity index (χ0n) is 12.1. The molecule has 2 N–H and O–H groups in total. The molecule has 5 nitrogen and oxygen atoms in total. The number of carbonyl (C=O) groups excluding carboxylic acids is 1. The molecule has 2 rings (SSSR count). The van der Waals surface area contributed by atoms with Gasteiger partial charge in [-0.25, -0.2) is 0 Å². The minimum absolute atomic E-state index is 0.0741. The maximum absolute atomic E-state index is 12.1. The number of hydrogen-bond donors (Lipinski definition) is 2. The van der Waals surface area contributed by atoms with Crippen molar-refractivity contribution in [3.63, 3.8) is 0 Å². The predicted octanol–water partition coefficient (Wildman–Crippen LogP) is 1.73. The van der Waals surface area contributed by atoms with Gasteiger partial charge in [-0.1, -0.05) is 12.5 Å². The Labute approximate surface area is 125 Å². The smallest absolute Gasteiger partial charge is 0.238 e. The van der Waals surface area contributed by atoms with Gasteiger partial charge in [0.25, 0.3) is 0 Å². The molecule has 1 atom stereocenters. The number of hydrogen-bond acceptors (Lipinski definition) is 4. The van der Waals surface area contributed by atoms with Gasteiger partial charge in [-0.05, 0) is 44.0 Å². The lowest BCUT2D eigenvalue weighted by atomic mass is 9.99. The summed E-state index contributed by atoms with van der Waals surface area (Å²) >= 11 is 0. The van der Waals surface area contributed by atoms with Crippen molar-refractivity contribution in [1.82, 2.24) is 4.90 Å². The topological polar surface area (TPSA) is 76.4 Å². The van der Waals surface area contributed by atoms with Crippen molar-refractivity contribution in [3.05, 3.63) is 29.8 Å². The highest BCUT2D eigenvalue weighted by molar-refractivity contribution is 5.92. The van der Waals surface area contributed by atoms with Crippen LogP contribution in [0.2, 0.25) is 0 Å². The number of nitrogens with one attached hydrogen (secondary N) is 1. The highest BCUT2D eigenvalue weighted by atomic mass is 16.3. The first-order valence-electron chi connectivity index (χ1n) is 7.38. The lowest BCUT2D eigenvalue weighted by Gasteiger charge is -2.34. The second-order valence-electron chi connectivity index (χ2n) is 5.37. The number of aliphatic hydroxyl groups excluding tert-OH is 1. The fraction of sp³-hybridized carbons (Fsp3) is 0.500. The maximum atomic E-state index is 12.1. The van der Waals surface area contributed by atoms with Crippen molar-refractivity contribution in [1.29, 1.82) is 5.26 Å². The number of benzene rings is 1. The van der Waals surface area contributed by atoms with E-state index in [9.17, 15) is 4.79 Å². The molecule has 5 heteroatoms. The van der Waals surface area contributed by atoms with Crippen LogP contribution in [0.5, 0.6) is 0 Å². The van der Waals surface area contributed by atoms with Gasteiger partial charge in [-0.3, -0.25) is 9.69 Å². The fourth-order valence-corrected chi connectivity index (χ4v) is 2.80. The third kappa shape index (κ3) is 4.55. The molecule has 1 fully saturated rings. The van der Waals surface area contributed by atoms with Crippen LogP contribution in [0, 0.1) is 11.3 Å². The number of likely N-dealkylation sites (tertiary alicyclic amines) is 1. The van der Waals surface area contributed by atoms with E-state index in [2.05, 4.69) is 16.3 Å². The van der Waals surface area contributed by atoms with Crippen LogP contribution >= 0.6 is 0 Å². The molecule has 1 heterocycles. The third-order valence-electron chi connectivity index (χ3n) is 3.83. The number of aliphatic hydroxyl groups is 1. The summed E-state index contributed by atoms with van der Waals surface area (Å²) < 4.78 is 0. The van der Waals surface area contributed by atoms with Crippen LogP contribution in [-0.2, 0) is 4.79 Å². The van der Waals surface area contributed by atoms with Crippen LogP contribution in [0.15, 0.2) is 24.3 Å². The summed E-state index contributed by atoms with van der Waals surface area (Å²) in [4.78, 5) is 14.3. The average Bonchev–Trinajstić information content (AvgIpc) is 2.49. The average molecular weight is 287 g/mol. The lowest BCUT2D eigenvalue weighted by molar-refractivity contribution is -0.118. The summed E-state index contributed by atoms with van der Waals surface area (Å²) in [5.74, 6) is -0.0741. The monoisotopic (exact) mass is 287 g/mol. The Bertz CT molecular complexity index is 522. The standard InChI is InChI=1S/C16H21N3O2/c17-11-13-4-3-5-14(10-13)18-16(21)12-19-8-2-1-6-15(19)7-9-20/h3-5,10,15,20H,1-2,6-9,12H2,(H,18,21). The number of nitrogens with zero attached hydrogens (tertiary/aromatic N) is 2. The van der Waals surface area contributed by atoms with E-state index in [1.807, 2.05) is 0 Å². The van der Waals surface area contributed by atoms with Gasteiger partial charge in [0.2, 0.25) is 5.91 Å². The molecular weight excluding hydrogens is 266 g/mol. The summed E-state index contributed by atoms with van der Waals surface area (Å²) in [6, 6.07) is 9.25. The van der Waals surface area contributed by atoms with E-state index in [0.29, 0.717) is 23.8 Å². The highest BCUT2D eigenvalue weighted by Crippen LogP contribution is 2.19. The Balaban J connectivity index is 1.92. The molecule has 1 unspecified atom stereocenters. The number of piperidine rings is 1. The first kappa shape index (κ1) is 15.5. The zero-order chi connectivity index (χ0) is 15.1. The Morgan fingerprint density at radius 2 is 2.33 bits per heavy atom. The van der Waals surface area contributed by atoms with Gasteiger partial charge in [0, 0.05) is 18.3 Å². The summed E-state index contributed by atoms with van der Waals surface area (Å²) in [5, 5.41) is 20.8. The SMILES string of the molecule is N#Cc1cccc(NC(=O)CN2CCCCC2CCO)c1. The molecule has 1 aliphatic heterocycles. The summed E-state index contributed by atoms with van der Waals surface area (Å²) in [6.07, 6.45) is 4.01. The van der Waals surface area contributed by atoms with Crippen LogP contribution in [0.3, 0.4) is 0 Å². The minimum atomic E-state index is -0.0741. The quantitative estimate of drug-likeness (QED) is 0.864. The van der Waals surface area contributed by atoms with Crippen LogP contribution in [-0.4, -0.2) is 41.7 Å². The maximum Gasteiger partial charge on any atom is 0.238 e. The predicted molar refractivity (Wildman–Crippen MR) is 80.7 cm³/mol. The first-order chi connectivity index (χ1) is 10.2. The molecule has 1 saturated heterocycles. The van der Waals surface area contributed by atoms with E-state index in [4.69, 9.17) is 10.4 Å². The molecule has 1 amide bonds. The molecule has 1 aromatic carbocycles. The van der Waals surface area contributed by atoms with E-state index >= 15 is 0 Å². The van der Waals surface area contributed by atoms with E-state index in [1.165, 1.54) is 0 Å². The third-order valence-corrected chi connectivity index (χ3v) is 3.83. The number of anilines is 1. The normalized spacial score (nSPS) is 19.0. The Morgan fingerprint density at radius 1 is 1.48 bits per heavy atom. The van der Waals surface area contributed by atoms with E-state index in [-0.39, 0.29) is 12.5 Å². The van der Waals surface area contributed by atoms with Crippen LogP contribution in [0.4, 0.5) is 5.69 Å². The molecule has 0 aromatic heterocycles. The number of nitriles is 1. The van der Waals surface area contributed by atoms with Crippen molar-refractivity contribution < 1.29 is 9.90 Å². The minimum Gasteiger partial charge on any atom is -0.396 e. The van der Waals surface area contributed by atoms with Crippen LogP contribution in [0.1, 0.15) is 31.2 Å². The van der Waals surface area contributed by atoms with Gasteiger partial charge in [0.05, 0.1) is 18.2 Å². The van der Waals surface area contributed by atoms with E-state index < -0.39 is 0 Å². The summed E-state index contributed by atoms with van der Waals surface area (Å²) in [5.41, 5.74) is 1.18. The second-order valence-corrected chi connectivity index (χ2v) is 5.37. The van der Waals surface area contributed by atoms with Crippen LogP contribution in [0.25, 0.3) is 0 Å². The number of amides is 1. The molecule has 1 aromatic rings. The Hall–Kier alpha value is -1.90. The number of rotatable bonds is 5. The fourth-order valence-electron chi connectivity index (χ4n) is 2.80. The molecule has 1 aliphatic rings. The molecular formula is C16H21N3O2. The molecule has 0 bridgehead atoms. The largest absolute Gasteiger partial charge is 0.396 e. The van der Waals surface area contributed by atoms with Crippen molar-refractivity contribution >= 4 is 11.6 Å². The van der Waals surface area contributed by atoms with E-state index in [1.54, 1.807) is 24.3 Å². The number of carbonyl (C=O) groups is 1. The Morgan fingerprint density at radius 3 is 3.10 bits per heavy atom. The van der Waals surface area contributed by atoms with Gasteiger partial charge in [-0.15, -0.1) is 0 Å². The highest BCUT2D eigenvalue weighted by Gasteiger charge is 2.23.